The molecule has 0 radical (unpaired) electrons. The predicted octanol–water partition coefficient (Wildman–Crippen LogP) is 2.34. The molecule has 0 unspecified atom stereocenters. The van der Waals surface area contributed by atoms with E-state index in [2.05, 4.69) is 21.3 Å². The molecule has 0 aromatic heterocycles. The monoisotopic (exact) mass is 600 g/mol. The second-order valence-electron chi connectivity index (χ2n) is 9.44. The number of carbonyl (C=O) groups excluding carboxylic acids is 5. The van der Waals surface area contributed by atoms with E-state index in [-0.39, 0.29) is 19.4 Å². The van der Waals surface area contributed by atoms with Gasteiger partial charge in [-0.25, -0.2) is 9.59 Å². The number of benzene rings is 2. The van der Waals surface area contributed by atoms with Crippen molar-refractivity contribution >= 4 is 42.0 Å². The number of carbonyl (C=O) groups is 5. The fraction of sp³-hybridized carbons (Fsp3) is 0.433. The summed E-state index contributed by atoms with van der Waals surface area (Å²) >= 11 is 1.53. The van der Waals surface area contributed by atoms with Crippen molar-refractivity contribution < 1.29 is 33.4 Å². The number of alkyl carbamates (subject to hydrolysis) is 1. The Morgan fingerprint density at radius 2 is 1.45 bits per heavy atom. The van der Waals surface area contributed by atoms with Gasteiger partial charge in [-0.2, -0.15) is 11.8 Å². The molecule has 0 aliphatic heterocycles. The summed E-state index contributed by atoms with van der Waals surface area (Å²) in [6, 6.07) is 15.7. The van der Waals surface area contributed by atoms with Crippen LogP contribution in [0.3, 0.4) is 0 Å². The van der Waals surface area contributed by atoms with E-state index >= 15 is 0 Å². The number of ether oxygens (including phenoxy) is 2. The Labute approximate surface area is 250 Å². The molecule has 0 aliphatic carbocycles. The standard InChI is InChI=1S/C30H40N4O7S/c1-40-29(38)26(19-22-11-5-3-6-12-22)34-28(37)25(33-27(36)24(32-21-35)16-18-42-2)15-9-10-17-31-30(39)41-20-23-13-7-4-8-14-23/h3-8,11-14,21,24-26H,9-10,15-20H2,1-2H3,(H,31,39)(H,32,35)(H,33,36)(H,34,37)/t24-,25-,26-/m0/s1. The van der Waals surface area contributed by atoms with Gasteiger partial charge in [0, 0.05) is 13.0 Å². The highest BCUT2D eigenvalue weighted by Gasteiger charge is 2.29. The summed E-state index contributed by atoms with van der Waals surface area (Å²) in [4.78, 5) is 62.0. The van der Waals surface area contributed by atoms with E-state index in [4.69, 9.17) is 9.47 Å². The minimum absolute atomic E-state index is 0.151. The fourth-order valence-corrected chi connectivity index (χ4v) is 4.52. The summed E-state index contributed by atoms with van der Waals surface area (Å²) in [5.74, 6) is -1.05. The highest BCUT2D eigenvalue weighted by Crippen LogP contribution is 2.09. The Balaban J connectivity index is 1.99. The summed E-state index contributed by atoms with van der Waals surface area (Å²) in [5, 5.41) is 10.6. The summed E-state index contributed by atoms with van der Waals surface area (Å²) in [6.07, 6.45) is 3.58. The molecule has 0 aliphatic rings. The minimum atomic E-state index is -0.990. The average Bonchev–Trinajstić information content (AvgIpc) is 3.01. The van der Waals surface area contributed by atoms with E-state index in [0.717, 1.165) is 11.1 Å². The lowest BCUT2D eigenvalue weighted by Gasteiger charge is -2.24. The lowest BCUT2D eigenvalue weighted by Crippen LogP contribution is -2.55. The maximum absolute atomic E-state index is 13.4. The van der Waals surface area contributed by atoms with Crippen LogP contribution in [0.4, 0.5) is 4.79 Å². The molecular weight excluding hydrogens is 560 g/mol. The van der Waals surface area contributed by atoms with E-state index in [1.54, 1.807) is 0 Å². The molecule has 2 rings (SSSR count). The third kappa shape index (κ3) is 13.1. The normalized spacial score (nSPS) is 12.6. The topological polar surface area (TPSA) is 152 Å². The van der Waals surface area contributed by atoms with Gasteiger partial charge < -0.3 is 30.7 Å². The van der Waals surface area contributed by atoms with Crippen molar-refractivity contribution in [3.05, 3.63) is 71.8 Å². The fourth-order valence-electron chi connectivity index (χ4n) is 4.04. The quantitative estimate of drug-likeness (QED) is 0.109. The molecule has 0 fully saturated rings. The zero-order valence-electron chi connectivity index (χ0n) is 24.0. The second-order valence-corrected chi connectivity index (χ2v) is 10.4. The van der Waals surface area contributed by atoms with Crippen LogP contribution in [-0.4, -0.2) is 74.1 Å². The summed E-state index contributed by atoms with van der Waals surface area (Å²) in [7, 11) is 1.24. The molecule has 0 bridgehead atoms. The number of rotatable bonds is 19. The Hall–Kier alpha value is -4.06. The number of hydrogen-bond donors (Lipinski definition) is 4. The van der Waals surface area contributed by atoms with E-state index in [1.807, 2.05) is 66.9 Å². The van der Waals surface area contributed by atoms with E-state index in [9.17, 15) is 24.0 Å². The number of methoxy groups -OCH3 is 1. The van der Waals surface area contributed by atoms with Crippen LogP contribution in [-0.2, 0) is 41.7 Å². The number of amides is 4. The van der Waals surface area contributed by atoms with Gasteiger partial charge in [0.25, 0.3) is 0 Å². The molecular formula is C30H40N4O7S. The maximum atomic E-state index is 13.4. The van der Waals surface area contributed by atoms with Gasteiger partial charge in [-0.3, -0.25) is 14.4 Å². The molecule has 12 heteroatoms. The summed E-state index contributed by atoms with van der Waals surface area (Å²) < 4.78 is 10.1. The van der Waals surface area contributed by atoms with Crippen LogP contribution in [0.25, 0.3) is 0 Å². The van der Waals surface area contributed by atoms with Crippen molar-refractivity contribution in [2.24, 2.45) is 0 Å². The van der Waals surface area contributed by atoms with Gasteiger partial charge in [-0.1, -0.05) is 60.7 Å². The van der Waals surface area contributed by atoms with Crippen LogP contribution in [0.2, 0.25) is 0 Å². The first-order valence-corrected chi connectivity index (χ1v) is 15.1. The molecule has 42 heavy (non-hydrogen) atoms. The van der Waals surface area contributed by atoms with Crippen molar-refractivity contribution in [2.75, 3.05) is 25.7 Å². The van der Waals surface area contributed by atoms with Crippen LogP contribution in [0.1, 0.15) is 36.8 Å². The van der Waals surface area contributed by atoms with Crippen molar-refractivity contribution in [1.82, 2.24) is 21.3 Å². The van der Waals surface area contributed by atoms with Crippen LogP contribution < -0.4 is 21.3 Å². The molecule has 2 aromatic rings. The lowest BCUT2D eigenvalue weighted by atomic mass is 10.0. The second kappa shape index (κ2) is 19.9. The Kier molecular flexibility index (Phi) is 16.2. The SMILES string of the molecule is COC(=O)[C@H](Cc1ccccc1)NC(=O)[C@H](CCCCNC(=O)OCc1ccccc1)NC(=O)[C@H](CCSC)NC=O. The van der Waals surface area contributed by atoms with Crippen molar-refractivity contribution in [2.45, 2.75) is 56.8 Å². The third-order valence-corrected chi connectivity index (χ3v) is 6.96. The Morgan fingerprint density at radius 1 is 0.833 bits per heavy atom. The van der Waals surface area contributed by atoms with Gasteiger partial charge in [0.15, 0.2) is 0 Å². The maximum Gasteiger partial charge on any atom is 0.407 e. The van der Waals surface area contributed by atoms with Gasteiger partial charge in [0.2, 0.25) is 18.2 Å². The zero-order valence-corrected chi connectivity index (χ0v) is 24.8. The predicted molar refractivity (Wildman–Crippen MR) is 160 cm³/mol. The molecule has 4 amide bonds. The summed E-state index contributed by atoms with van der Waals surface area (Å²) in [5.41, 5.74) is 1.70. The largest absolute Gasteiger partial charge is 0.467 e. The van der Waals surface area contributed by atoms with Gasteiger partial charge >= 0.3 is 12.1 Å². The first kappa shape index (κ1) is 34.1. The Morgan fingerprint density at radius 3 is 2.07 bits per heavy atom. The van der Waals surface area contributed by atoms with Crippen LogP contribution in [0.5, 0.6) is 0 Å². The molecule has 228 valence electrons. The number of thioether (sulfide) groups is 1. The van der Waals surface area contributed by atoms with Crippen LogP contribution in [0, 0.1) is 0 Å². The molecule has 11 nitrogen and oxygen atoms in total. The molecule has 3 atom stereocenters. The van der Waals surface area contributed by atoms with Gasteiger partial charge in [-0.05, 0) is 48.8 Å². The van der Waals surface area contributed by atoms with Crippen molar-refractivity contribution in [3.8, 4) is 0 Å². The van der Waals surface area contributed by atoms with Crippen LogP contribution >= 0.6 is 11.8 Å². The Bertz CT molecular complexity index is 1120. The molecule has 4 N–H and O–H groups in total. The number of hydrogen-bond acceptors (Lipinski definition) is 8. The van der Waals surface area contributed by atoms with E-state index < -0.39 is 42.0 Å². The minimum Gasteiger partial charge on any atom is -0.467 e. The highest BCUT2D eigenvalue weighted by atomic mass is 32.2. The first-order chi connectivity index (χ1) is 20.4. The van der Waals surface area contributed by atoms with E-state index in [1.165, 1.54) is 18.9 Å². The van der Waals surface area contributed by atoms with Gasteiger partial charge in [0.05, 0.1) is 7.11 Å². The lowest BCUT2D eigenvalue weighted by molar-refractivity contribution is -0.145. The first-order valence-electron chi connectivity index (χ1n) is 13.7. The molecule has 0 spiro atoms. The molecule has 0 saturated heterocycles. The van der Waals surface area contributed by atoms with E-state index in [0.29, 0.717) is 38.0 Å². The average molecular weight is 601 g/mol. The smallest absolute Gasteiger partial charge is 0.407 e. The summed E-state index contributed by atoms with van der Waals surface area (Å²) in [6.45, 7) is 0.454. The molecule has 0 saturated carbocycles. The highest BCUT2D eigenvalue weighted by molar-refractivity contribution is 7.98. The van der Waals surface area contributed by atoms with Crippen LogP contribution in [0.15, 0.2) is 60.7 Å². The zero-order chi connectivity index (χ0) is 30.6. The van der Waals surface area contributed by atoms with Gasteiger partial charge in [0.1, 0.15) is 24.7 Å². The van der Waals surface area contributed by atoms with Gasteiger partial charge in [-0.15, -0.1) is 0 Å². The van der Waals surface area contributed by atoms with Crippen molar-refractivity contribution in [3.63, 3.8) is 0 Å². The third-order valence-electron chi connectivity index (χ3n) is 6.32. The molecule has 0 heterocycles. The number of esters is 1. The molecule has 2 aromatic carbocycles. The number of nitrogens with one attached hydrogen (secondary N) is 4. The van der Waals surface area contributed by atoms with Crippen molar-refractivity contribution in [1.29, 1.82) is 0 Å². The number of unbranched alkanes of at least 4 members (excludes halogenated alkanes) is 1.